The molecule has 1 aromatic carbocycles. The molecule has 0 aliphatic rings. The number of fused-ring (bicyclic) bond motifs is 1. The summed E-state index contributed by atoms with van der Waals surface area (Å²) in [6.07, 6.45) is 4.28. The summed E-state index contributed by atoms with van der Waals surface area (Å²) in [5, 5.41) is 0. The number of hydrogen-bond donors (Lipinski definition) is 1. The minimum atomic E-state index is 0.963. The molecular weight excluding hydrogens is 216 g/mol. The fourth-order valence-electron chi connectivity index (χ4n) is 1.89. The molecule has 0 bridgehead atoms. The van der Waals surface area contributed by atoms with E-state index < -0.39 is 0 Å². The molecule has 0 spiro atoms. The third kappa shape index (κ3) is 2.24. The average molecular weight is 234 g/mol. The van der Waals surface area contributed by atoms with Crippen molar-refractivity contribution in [2.75, 3.05) is 5.75 Å². The highest BCUT2D eigenvalue weighted by atomic mass is 32.1. The van der Waals surface area contributed by atoms with Crippen molar-refractivity contribution in [1.82, 2.24) is 9.55 Å². The Hall–Kier alpha value is -0.960. The van der Waals surface area contributed by atoms with Crippen LogP contribution < -0.4 is 0 Å². The second-order valence-corrected chi connectivity index (χ2v) is 4.74. The van der Waals surface area contributed by atoms with Crippen molar-refractivity contribution >= 4 is 23.7 Å². The average Bonchev–Trinajstić information content (AvgIpc) is 2.63. The highest BCUT2D eigenvalue weighted by Gasteiger charge is 2.04. The van der Waals surface area contributed by atoms with Gasteiger partial charge in [0.25, 0.3) is 0 Å². The van der Waals surface area contributed by atoms with Crippen LogP contribution in [0.15, 0.2) is 18.5 Å². The molecule has 1 aromatic heterocycles. The normalized spacial score (nSPS) is 11.2. The molecule has 0 aliphatic heterocycles. The van der Waals surface area contributed by atoms with E-state index in [-0.39, 0.29) is 0 Å². The molecule has 0 radical (unpaired) electrons. The second-order valence-electron chi connectivity index (χ2n) is 4.29. The van der Waals surface area contributed by atoms with Crippen LogP contribution in [0, 0.1) is 13.8 Å². The van der Waals surface area contributed by atoms with Crippen molar-refractivity contribution in [3.05, 3.63) is 29.6 Å². The Balaban J connectivity index is 2.29. The lowest BCUT2D eigenvalue weighted by molar-refractivity contribution is 0.649. The number of nitrogens with zero attached hydrogens (tertiary/aromatic N) is 2. The molecular formula is C13H18N2S. The second kappa shape index (κ2) is 4.91. The highest BCUT2D eigenvalue weighted by Crippen LogP contribution is 2.18. The first kappa shape index (κ1) is 11.5. The Morgan fingerprint density at radius 1 is 1.19 bits per heavy atom. The van der Waals surface area contributed by atoms with Crippen LogP contribution in [-0.4, -0.2) is 15.3 Å². The van der Waals surface area contributed by atoms with E-state index >= 15 is 0 Å². The largest absolute Gasteiger partial charge is 0.331 e. The third-order valence-electron chi connectivity index (χ3n) is 3.04. The summed E-state index contributed by atoms with van der Waals surface area (Å²) >= 11 is 4.23. The maximum Gasteiger partial charge on any atom is 0.0958 e. The first-order valence-corrected chi connectivity index (χ1v) is 6.38. The van der Waals surface area contributed by atoms with Crippen molar-refractivity contribution in [1.29, 1.82) is 0 Å². The van der Waals surface area contributed by atoms with Crippen molar-refractivity contribution in [3.8, 4) is 0 Å². The van der Waals surface area contributed by atoms with Gasteiger partial charge in [-0.2, -0.15) is 12.6 Å². The van der Waals surface area contributed by atoms with Crippen LogP contribution in [0.4, 0.5) is 0 Å². The van der Waals surface area contributed by atoms with Crippen LogP contribution in [0.1, 0.15) is 24.0 Å². The van der Waals surface area contributed by atoms with Gasteiger partial charge in [0.2, 0.25) is 0 Å². The van der Waals surface area contributed by atoms with E-state index in [2.05, 4.69) is 48.2 Å². The topological polar surface area (TPSA) is 17.8 Å². The van der Waals surface area contributed by atoms with E-state index in [4.69, 9.17) is 0 Å². The molecule has 0 N–H and O–H groups in total. The fourth-order valence-corrected chi connectivity index (χ4v) is 2.11. The van der Waals surface area contributed by atoms with E-state index in [1.807, 2.05) is 6.33 Å². The van der Waals surface area contributed by atoms with Crippen molar-refractivity contribution in [2.45, 2.75) is 33.2 Å². The number of unbranched alkanes of at least 4 members (excludes halogenated alkanes) is 1. The predicted octanol–water partition coefficient (Wildman–Crippen LogP) is 3.36. The van der Waals surface area contributed by atoms with E-state index in [9.17, 15) is 0 Å². The summed E-state index contributed by atoms with van der Waals surface area (Å²) in [5.41, 5.74) is 5.01. The Morgan fingerprint density at radius 3 is 2.69 bits per heavy atom. The standard InChI is InChI=1S/C13H18N2S/c1-10-7-12-13(8-11(10)2)15(9-14-12)5-3-4-6-16/h7-9,16H,3-6H2,1-2H3. The first-order valence-electron chi connectivity index (χ1n) is 5.75. The number of thiol groups is 1. The lowest BCUT2D eigenvalue weighted by Gasteiger charge is -2.05. The molecule has 2 nitrogen and oxygen atoms in total. The van der Waals surface area contributed by atoms with Gasteiger partial charge in [-0.15, -0.1) is 0 Å². The van der Waals surface area contributed by atoms with Crippen LogP contribution in [0.5, 0.6) is 0 Å². The maximum atomic E-state index is 4.44. The molecule has 0 amide bonds. The minimum absolute atomic E-state index is 0.963. The Morgan fingerprint density at radius 2 is 1.94 bits per heavy atom. The van der Waals surface area contributed by atoms with E-state index in [1.54, 1.807) is 0 Å². The summed E-state index contributed by atoms with van der Waals surface area (Å²) in [5.74, 6) is 0.963. The van der Waals surface area contributed by atoms with Gasteiger partial charge in [-0.1, -0.05) is 0 Å². The van der Waals surface area contributed by atoms with Gasteiger partial charge >= 0.3 is 0 Å². The fraction of sp³-hybridized carbons (Fsp3) is 0.462. The molecule has 1 heterocycles. The molecule has 16 heavy (non-hydrogen) atoms. The molecule has 0 atom stereocenters. The highest BCUT2D eigenvalue weighted by molar-refractivity contribution is 7.80. The molecule has 0 saturated carbocycles. The lowest BCUT2D eigenvalue weighted by Crippen LogP contribution is -1.96. The Kier molecular flexibility index (Phi) is 3.54. The zero-order valence-corrected chi connectivity index (χ0v) is 10.8. The van der Waals surface area contributed by atoms with Crippen LogP contribution >= 0.6 is 12.6 Å². The van der Waals surface area contributed by atoms with Crippen LogP contribution in [0.2, 0.25) is 0 Å². The number of aryl methyl sites for hydroxylation is 3. The Bertz CT molecular complexity index is 488. The smallest absolute Gasteiger partial charge is 0.0958 e. The zero-order chi connectivity index (χ0) is 11.5. The maximum absolute atomic E-state index is 4.44. The van der Waals surface area contributed by atoms with Crippen molar-refractivity contribution in [3.63, 3.8) is 0 Å². The van der Waals surface area contributed by atoms with E-state index in [0.717, 1.165) is 24.2 Å². The van der Waals surface area contributed by atoms with Crippen LogP contribution in [0.25, 0.3) is 11.0 Å². The van der Waals surface area contributed by atoms with Crippen LogP contribution in [0.3, 0.4) is 0 Å². The Labute approximate surface area is 102 Å². The summed E-state index contributed by atoms with van der Waals surface area (Å²) in [6, 6.07) is 4.40. The monoisotopic (exact) mass is 234 g/mol. The van der Waals surface area contributed by atoms with E-state index in [1.165, 1.54) is 23.1 Å². The summed E-state index contributed by atoms with van der Waals surface area (Å²) in [4.78, 5) is 4.44. The van der Waals surface area contributed by atoms with Gasteiger partial charge in [0.15, 0.2) is 0 Å². The van der Waals surface area contributed by atoms with Gasteiger partial charge in [-0.3, -0.25) is 0 Å². The molecule has 0 unspecified atom stereocenters. The molecule has 3 heteroatoms. The summed E-state index contributed by atoms with van der Waals surface area (Å²) in [7, 11) is 0. The molecule has 0 aliphatic carbocycles. The van der Waals surface area contributed by atoms with Gasteiger partial charge < -0.3 is 4.57 Å². The van der Waals surface area contributed by atoms with Crippen molar-refractivity contribution < 1.29 is 0 Å². The number of imidazole rings is 1. The number of rotatable bonds is 4. The van der Waals surface area contributed by atoms with Gasteiger partial charge in [0, 0.05) is 6.54 Å². The minimum Gasteiger partial charge on any atom is -0.331 e. The molecule has 0 saturated heterocycles. The zero-order valence-electron chi connectivity index (χ0n) is 9.90. The lowest BCUT2D eigenvalue weighted by atomic mass is 10.1. The third-order valence-corrected chi connectivity index (χ3v) is 3.36. The first-order chi connectivity index (χ1) is 7.72. The van der Waals surface area contributed by atoms with E-state index in [0.29, 0.717) is 0 Å². The van der Waals surface area contributed by atoms with Gasteiger partial charge in [-0.25, -0.2) is 4.98 Å². The molecule has 2 aromatic rings. The van der Waals surface area contributed by atoms with Gasteiger partial charge in [0.1, 0.15) is 0 Å². The van der Waals surface area contributed by atoms with Crippen LogP contribution in [-0.2, 0) is 6.54 Å². The number of benzene rings is 1. The predicted molar refractivity (Wildman–Crippen MR) is 72.3 cm³/mol. The van der Waals surface area contributed by atoms with Gasteiger partial charge in [-0.05, 0) is 55.7 Å². The molecule has 86 valence electrons. The number of aromatic nitrogens is 2. The molecule has 2 rings (SSSR count). The number of hydrogen-bond acceptors (Lipinski definition) is 2. The quantitative estimate of drug-likeness (QED) is 0.634. The summed E-state index contributed by atoms with van der Waals surface area (Å²) in [6.45, 7) is 5.33. The SMILES string of the molecule is Cc1cc2ncn(CCCCS)c2cc1C. The summed E-state index contributed by atoms with van der Waals surface area (Å²) < 4.78 is 2.24. The molecule has 0 fully saturated rings. The van der Waals surface area contributed by atoms with Gasteiger partial charge in [0.05, 0.1) is 17.4 Å². The van der Waals surface area contributed by atoms with Crippen molar-refractivity contribution in [2.24, 2.45) is 0 Å².